The van der Waals surface area contributed by atoms with Gasteiger partial charge in [0.1, 0.15) is 13.2 Å². The molecule has 0 radical (unpaired) electrons. The molecule has 0 atom stereocenters. The predicted molar refractivity (Wildman–Crippen MR) is 57.7 cm³/mol. The summed E-state index contributed by atoms with van der Waals surface area (Å²) in [6.45, 7) is 3.21. The minimum Gasteiger partial charge on any atom is -0.484 e. The molecule has 0 aromatic heterocycles. The van der Waals surface area contributed by atoms with Crippen LogP contribution in [-0.4, -0.2) is 19.2 Å². The van der Waals surface area contributed by atoms with Gasteiger partial charge in [-0.3, -0.25) is 0 Å². The zero-order chi connectivity index (χ0) is 14.6. The molecular weight excluding hydrogens is 268 g/mol. The van der Waals surface area contributed by atoms with E-state index in [1.165, 1.54) is 0 Å². The normalized spacial score (nSPS) is 10.2. The third-order valence-corrected chi connectivity index (χ3v) is 2.18. The third kappa shape index (κ3) is 3.24. The van der Waals surface area contributed by atoms with Crippen LogP contribution in [0, 0.1) is 30.2 Å². The van der Waals surface area contributed by atoms with Gasteiger partial charge in [0.25, 0.3) is 0 Å². The lowest BCUT2D eigenvalue weighted by Crippen LogP contribution is -2.13. The average Bonchev–Trinajstić information content (AvgIpc) is 2.41. The van der Waals surface area contributed by atoms with Crippen LogP contribution in [0.4, 0.5) is 17.6 Å². The SMILES string of the molecule is C=CC(=O)OCCOc1c(F)c(F)c(C)c(F)c1F. The molecule has 0 saturated heterocycles. The van der Waals surface area contributed by atoms with E-state index in [2.05, 4.69) is 16.1 Å². The number of carbonyl (C=O) groups is 1. The van der Waals surface area contributed by atoms with Crippen molar-refractivity contribution < 1.29 is 31.8 Å². The summed E-state index contributed by atoms with van der Waals surface area (Å²) in [4.78, 5) is 10.6. The van der Waals surface area contributed by atoms with Crippen LogP contribution in [0.3, 0.4) is 0 Å². The molecule has 0 aliphatic carbocycles. The molecule has 0 unspecified atom stereocenters. The highest BCUT2D eigenvalue weighted by Crippen LogP contribution is 2.29. The minimum atomic E-state index is -1.63. The fourth-order valence-electron chi connectivity index (χ4n) is 1.19. The highest BCUT2D eigenvalue weighted by atomic mass is 19.2. The van der Waals surface area contributed by atoms with E-state index >= 15 is 0 Å². The molecule has 1 rings (SSSR count). The molecule has 0 saturated carbocycles. The summed E-state index contributed by atoms with van der Waals surface area (Å²) in [6.07, 6.45) is 0.881. The number of ether oxygens (including phenoxy) is 2. The van der Waals surface area contributed by atoms with Crippen LogP contribution >= 0.6 is 0 Å². The number of esters is 1. The summed E-state index contributed by atoms with van der Waals surface area (Å²) in [6, 6.07) is 0. The summed E-state index contributed by atoms with van der Waals surface area (Å²) < 4.78 is 62.0. The molecule has 0 fully saturated rings. The third-order valence-electron chi connectivity index (χ3n) is 2.18. The van der Waals surface area contributed by atoms with E-state index < -0.39 is 47.2 Å². The van der Waals surface area contributed by atoms with Crippen LogP contribution in [-0.2, 0) is 9.53 Å². The Balaban J connectivity index is 2.79. The molecule has 1 aromatic rings. The lowest BCUT2D eigenvalue weighted by molar-refractivity contribution is -0.138. The van der Waals surface area contributed by atoms with E-state index in [1.807, 2.05) is 0 Å². The van der Waals surface area contributed by atoms with Crippen molar-refractivity contribution in [1.82, 2.24) is 0 Å². The van der Waals surface area contributed by atoms with Crippen LogP contribution in [0.2, 0.25) is 0 Å². The van der Waals surface area contributed by atoms with Crippen molar-refractivity contribution in [2.75, 3.05) is 13.2 Å². The van der Waals surface area contributed by atoms with Crippen molar-refractivity contribution in [1.29, 1.82) is 0 Å². The summed E-state index contributed by atoms with van der Waals surface area (Å²) >= 11 is 0. The molecule has 0 spiro atoms. The molecule has 0 amide bonds. The Hall–Kier alpha value is -2.05. The maximum atomic E-state index is 13.3. The first-order chi connectivity index (χ1) is 8.90. The number of hydrogen-bond acceptors (Lipinski definition) is 3. The molecule has 3 nitrogen and oxygen atoms in total. The van der Waals surface area contributed by atoms with Gasteiger partial charge in [0, 0.05) is 11.6 Å². The predicted octanol–water partition coefficient (Wildman–Crippen LogP) is 2.66. The molecule has 104 valence electrons. The maximum absolute atomic E-state index is 13.3. The van der Waals surface area contributed by atoms with Crippen molar-refractivity contribution in [2.45, 2.75) is 6.92 Å². The van der Waals surface area contributed by atoms with Crippen molar-refractivity contribution in [2.24, 2.45) is 0 Å². The average molecular weight is 278 g/mol. The van der Waals surface area contributed by atoms with Crippen LogP contribution < -0.4 is 4.74 Å². The molecule has 0 heterocycles. The summed E-state index contributed by atoms with van der Waals surface area (Å²) in [7, 11) is 0. The summed E-state index contributed by atoms with van der Waals surface area (Å²) in [5.74, 6) is -8.27. The lowest BCUT2D eigenvalue weighted by atomic mass is 10.2. The van der Waals surface area contributed by atoms with Gasteiger partial charge in [0.05, 0.1) is 0 Å². The van der Waals surface area contributed by atoms with Gasteiger partial charge in [-0.1, -0.05) is 6.58 Å². The van der Waals surface area contributed by atoms with Gasteiger partial charge in [0.15, 0.2) is 17.4 Å². The quantitative estimate of drug-likeness (QED) is 0.273. The number of rotatable bonds is 5. The highest BCUT2D eigenvalue weighted by Gasteiger charge is 2.24. The van der Waals surface area contributed by atoms with E-state index in [0.717, 1.165) is 13.0 Å². The van der Waals surface area contributed by atoms with Gasteiger partial charge < -0.3 is 9.47 Å². The number of halogens is 4. The van der Waals surface area contributed by atoms with E-state index in [4.69, 9.17) is 0 Å². The van der Waals surface area contributed by atoms with Crippen molar-refractivity contribution in [3.63, 3.8) is 0 Å². The molecule has 0 aliphatic rings. The van der Waals surface area contributed by atoms with Gasteiger partial charge >= 0.3 is 5.97 Å². The number of benzene rings is 1. The van der Waals surface area contributed by atoms with E-state index in [0.29, 0.717) is 0 Å². The minimum absolute atomic E-state index is 0.346. The maximum Gasteiger partial charge on any atom is 0.330 e. The van der Waals surface area contributed by atoms with Crippen LogP contribution in [0.15, 0.2) is 12.7 Å². The zero-order valence-corrected chi connectivity index (χ0v) is 9.94. The smallest absolute Gasteiger partial charge is 0.330 e. The first-order valence-corrected chi connectivity index (χ1v) is 5.14. The van der Waals surface area contributed by atoms with Crippen LogP contribution in [0.5, 0.6) is 5.75 Å². The Labute approximate surface area is 106 Å². The largest absolute Gasteiger partial charge is 0.484 e. The number of hydrogen-bond donors (Lipinski definition) is 0. The molecular formula is C12H10F4O3. The van der Waals surface area contributed by atoms with E-state index in [9.17, 15) is 22.4 Å². The highest BCUT2D eigenvalue weighted by molar-refractivity contribution is 5.81. The fraction of sp³-hybridized carbons (Fsp3) is 0.250. The fourth-order valence-corrected chi connectivity index (χ4v) is 1.19. The monoisotopic (exact) mass is 278 g/mol. The Bertz CT molecular complexity index is 485. The first-order valence-electron chi connectivity index (χ1n) is 5.14. The summed E-state index contributed by atoms with van der Waals surface area (Å²) in [5, 5.41) is 0. The molecule has 1 aromatic carbocycles. The van der Waals surface area contributed by atoms with Crippen molar-refractivity contribution in [3.05, 3.63) is 41.5 Å². The number of carbonyl (C=O) groups excluding carboxylic acids is 1. The molecule has 0 bridgehead atoms. The van der Waals surface area contributed by atoms with Gasteiger partial charge in [-0.2, -0.15) is 8.78 Å². The van der Waals surface area contributed by atoms with Crippen LogP contribution in [0.25, 0.3) is 0 Å². The molecule has 0 aliphatic heterocycles. The summed E-state index contributed by atoms with van der Waals surface area (Å²) in [5.41, 5.74) is -0.777. The zero-order valence-electron chi connectivity index (χ0n) is 9.94. The molecule has 19 heavy (non-hydrogen) atoms. The van der Waals surface area contributed by atoms with Gasteiger partial charge in [-0.25, -0.2) is 13.6 Å². The second-order valence-electron chi connectivity index (χ2n) is 3.43. The van der Waals surface area contributed by atoms with Crippen LogP contribution in [0.1, 0.15) is 5.56 Å². The molecule has 7 heteroatoms. The molecule has 0 N–H and O–H groups in total. The Morgan fingerprint density at radius 2 is 1.63 bits per heavy atom. The second-order valence-corrected chi connectivity index (χ2v) is 3.43. The Morgan fingerprint density at radius 1 is 1.11 bits per heavy atom. The van der Waals surface area contributed by atoms with Gasteiger partial charge in [-0.05, 0) is 6.92 Å². The van der Waals surface area contributed by atoms with Gasteiger partial charge in [0.2, 0.25) is 11.6 Å². The van der Waals surface area contributed by atoms with E-state index in [1.54, 1.807) is 0 Å². The Morgan fingerprint density at radius 3 is 2.11 bits per heavy atom. The van der Waals surface area contributed by atoms with Gasteiger partial charge in [-0.15, -0.1) is 0 Å². The topological polar surface area (TPSA) is 35.5 Å². The standard InChI is InChI=1S/C12H10F4O3/c1-3-7(17)18-4-5-19-12-10(15)8(13)6(2)9(14)11(12)16/h3H,1,4-5H2,2H3. The lowest BCUT2D eigenvalue weighted by Gasteiger charge is -2.11. The van der Waals surface area contributed by atoms with E-state index in [-0.39, 0.29) is 6.61 Å². The Kier molecular flexibility index (Phi) is 4.91. The van der Waals surface area contributed by atoms with Crippen molar-refractivity contribution >= 4 is 5.97 Å². The second kappa shape index (κ2) is 6.21. The van der Waals surface area contributed by atoms with Crippen molar-refractivity contribution in [3.8, 4) is 5.75 Å². The first kappa shape index (κ1) is 15.0.